The third-order valence-corrected chi connectivity index (χ3v) is 11.3. The van der Waals surface area contributed by atoms with Crippen LogP contribution in [0, 0.1) is 34.3 Å². The Morgan fingerprint density at radius 2 is 1.90 bits per heavy atom. The van der Waals surface area contributed by atoms with E-state index in [2.05, 4.69) is 16.0 Å². The zero-order valence-electron chi connectivity index (χ0n) is 26.4. The monoisotopic (exact) mass is 691 g/mol. The number of piperidine rings is 1. The highest BCUT2D eigenvalue weighted by Crippen LogP contribution is 2.52. The van der Waals surface area contributed by atoms with Gasteiger partial charge in [0.15, 0.2) is 5.82 Å². The molecule has 3 aliphatic rings. The fourth-order valence-electron chi connectivity index (χ4n) is 7.53. The normalized spacial score (nSPS) is 19.2. The van der Waals surface area contributed by atoms with E-state index < -0.39 is 11.6 Å². The molecule has 14 heteroatoms. The SMILES string of the molecule is C[C@H](Oc1nc2c(F)c(-c3ccc(F)c4sc(N)c(C#N)c34)c(Cl)c3c2c(c1C#N)N(C1CCN(C=O)CC1)CCO3)[C@@H]1CCCN1C. The minimum absolute atomic E-state index is 0.00936. The van der Waals surface area contributed by atoms with Crippen LogP contribution in [0.5, 0.6) is 11.6 Å². The van der Waals surface area contributed by atoms with Crippen LogP contribution in [0.25, 0.3) is 32.1 Å². The van der Waals surface area contributed by atoms with Gasteiger partial charge in [0.1, 0.15) is 52.5 Å². The molecule has 0 unspecified atom stereocenters. The summed E-state index contributed by atoms with van der Waals surface area (Å²) in [4.78, 5) is 22.1. The highest BCUT2D eigenvalue weighted by Gasteiger charge is 2.37. The van der Waals surface area contributed by atoms with Gasteiger partial charge in [-0.05, 0) is 57.8 Å². The molecule has 0 saturated carbocycles. The molecule has 1 amide bonds. The van der Waals surface area contributed by atoms with Crippen LogP contribution in [0.2, 0.25) is 5.02 Å². The number of pyridine rings is 1. The van der Waals surface area contributed by atoms with E-state index >= 15 is 8.78 Å². The zero-order valence-corrected chi connectivity index (χ0v) is 27.9. The average molecular weight is 692 g/mol. The lowest BCUT2D eigenvalue weighted by molar-refractivity contribution is -0.119. The van der Waals surface area contributed by atoms with Gasteiger partial charge in [0, 0.05) is 36.1 Å². The number of amides is 1. The first-order chi connectivity index (χ1) is 23.2. The molecule has 3 aliphatic heterocycles. The Labute approximate surface area is 284 Å². The van der Waals surface area contributed by atoms with Gasteiger partial charge >= 0.3 is 0 Å². The van der Waals surface area contributed by atoms with Crippen molar-refractivity contribution in [3.63, 3.8) is 0 Å². The molecule has 48 heavy (non-hydrogen) atoms. The van der Waals surface area contributed by atoms with Crippen molar-refractivity contribution in [2.45, 2.75) is 50.8 Å². The summed E-state index contributed by atoms with van der Waals surface area (Å²) in [5.74, 6) is -1.31. The van der Waals surface area contributed by atoms with E-state index in [9.17, 15) is 15.3 Å². The van der Waals surface area contributed by atoms with Crippen molar-refractivity contribution in [1.82, 2.24) is 14.8 Å². The van der Waals surface area contributed by atoms with Gasteiger partial charge in [0.05, 0.1) is 32.9 Å². The summed E-state index contributed by atoms with van der Waals surface area (Å²) in [6.07, 6.45) is 3.62. The van der Waals surface area contributed by atoms with E-state index in [1.54, 1.807) is 4.90 Å². The number of fused-ring (bicyclic) bond motifs is 1. The Hall–Kier alpha value is -4.43. The van der Waals surface area contributed by atoms with Gasteiger partial charge in [0.25, 0.3) is 0 Å². The zero-order chi connectivity index (χ0) is 33.9. The number of nitrogen functional groups attached to an aromatic ring is 1. The summed E-state index contributed by atoms with van der Waals surface area (Å²) in [7, 11) is 2.02. The molecule has 2 saturated heterocycles. The Kier molecular flexibility index (Phi) is 8.40. The van der Waals surface area contributed by atoms with Gasteiger partial charge in [-0.15, -0.1) is 11.3 Å². The maximum atomic E-state index is 17.3. The number of thiophene rings is 1. The Balaban J connectivity index is 1.51. The standard InChI is InChI=1S/C34H32ClF2N7O3S/c1-17(23-4-3-9-42(23)2)47-34-21(15-39)30-26-29(41-34)28(37)25(19-5-6-22(36)32-24(19)20(14-38)33(40)48-32)27(35)31(26)46-13-12-44(30)18-7-10-43(16-45)11-8-18/h5-6,16-18,23H,3-4,7-13,40H2,1-2H3/t17-,23-/m0/s1. The molecule has 5 heterocycles. The molecule has 248 valence electrons. The van der Waals surface area contributed by atoms with Crippen molar-refractivity contribution in [2.75, 3.05) is 50.5 Å². The van der Waals surface area contributed by atoms with Crippen molar-refractivity contribution >= 4 is 61.0 Å². The number of ether oxygens (including phenoxy) is 2. The van der Waals surface area contributed by atoms with Gasteiger partial charge in [-0.1, -0.05) is 17.7 Å². The van der Waals surface area contributed by atoms with Crippen molar-refractivity contribution in [1.29, 1.82) is 10.5 Å². The first-order valence-electron chi connectivity index (χ1n) is 15.8. The number of halogens is 3. The predicted octanol–water partition coefficient (Wildman–Crippen LogP) is 6.05. The molecule has 0 spiro atoms. The summed E-state index contributed by atoms with van der Waals surface area (Å²) in [5, 5.41) is 21.0. The van der Waals surface area contributed by atoms with Crippen LogP contribution >= 0.6 is 22.9 Å². The second kappa shape index (κ2) is 12.5. The Morgan fingerprint density at radius 3 is 2.56 bits per heavy atom. The van der Waals surface area contributed by atoms with E-state index in [0.29, 0.717) is 38.2 Å². The summed E-state index contributed by atoms with van der Waals surface area (Å²) < 4.78 is 45.2. The van der Waals surface area contributed by atoms with Crippen molar-refractivity contribution < 1.29 is 23.0 Å². The summed E-state index contributed by atoms with van der Waals surface area (Å²) in [5.41, 5.74) is 6.59. The van der Waals surface area contributed by atoms with E-state index in [0.717, 1.165) is 37.1 Å². The number of nitrogens with two attached hydrogens (primary N) is 1. The smallest absolute Gasteiger partial charge is 0.234 e. The van der Waals surface area contributed by atoms with Gasteiger partial charge in [0.2, 0.25) is 12.3 Å². The minimum atomic E-state index is -0.831. The number of aromatic nitrogens is 1. The lowest BCUT2D eigenvalue weighted by Crippen LogP contribution is -2.46. The van der Waals surface area contributed by atoms with E-state index in [1.165, 1.54) is 12.1 Å². The number of likely N-dealkylation sites (N-methyl/N-ethyl adjacent to an activating group) is 1. The number of likely N-dealkylation sites (tertiary alicyclic amines) is 2. The fraction of sp³-hybridized carbons (Fsp3) is 0.412. The lowest BCUT2D eigenvalue weighted by atomic mass is 9.94. The molecular weight excluding hydrogens is 660 g/mol. The van der Waals surface area contributed by atoms with Crippen LogP contribution in [-0.2, 0) is 4.79 Å². The number of carbonyl (C=O) groups excluding carboxylic acids is 1. The van der Waals surface area contributed by atoms with Crippen LogP contribution in [0.4, 0.5) is 19.5 Å². The molecule has 0 aliphatic carbocycles. The molecule has 0 radical (unpaired) electrons. The Morgan fingerprint density at radius 1 is 1.15 bits per heavy atom. The number of hydrogen-bond donors (Lipinski definition) is 1. The maximum absolute atomic E-state index is 17.3. The number of anilines is 2. The van der Waals surface area contributed by atoms with Gasteiger partial charge in [-0.2, -0.15) is 10.5 Å². The molecule has 2 N–H and O–H groups in total. The average Bonchev–Trinajstić information content (AvgIpc) is 3.61. The Bertz CT molecular complexity index is 2050. The van der Waals surface area contributed by atoms with E-state index in [1.807, 2.05) is 24.9 Å². The number of carbonyl (C=O) groups is 1. The molecule has 7 rings (SSSR count). The first kappa shape index (κ1) is 32.1. The third-order valence-electron chi connectivity index (χ3n) is 9.89. The maximum Gasteiger partial charge on any atom is 0.234 e. The van der Waals surface area contributed by atoms with E-state index in [4.69, 9.17) is 26.8 Å². The van der Waals surface area contributed by atoms with Crippen LogP contribution < -0.4 is 20.1 Å². The number of rotatable bonds is 6. The van der Waals surface area contributed by atoms with Gasteiger partial charge in [-0.3, -0.25) is 9.69 Å². The van der Waals surface area contributed by atoms with Crippen molar-refractivity contribution in [3.8, 4) is 34.9 Å². The third kappa shape index (κ3) is 5.04. The molecule has 2 aromatic carbocycles. The molecule has 4 aromatic rings. The van der Waals surface area contributed by atoms with Gasteiger partial charge < -0.3 is 25.0 Å². The highest BCUT2D eigenvalue weighted by atomic mass is 35.5. The van der Waals surface area contributed by atoms with Gasteiger partial charge in [-0.25, -0.2) is 13.8 Å². The fourth-order valence-corrected chi connectivity index (χ4v) is 8.81. The molecule has 2 fully saturated rings. The summed E-state index contributed by atoms with van der Waals surface area (Å²) in [6.45, 7) is 4.39. The van der Waals surface area contributed by atoms with Crippen molar-refractivity contribution in [2.24, 2.45) is 0 Å². The highest BCUT2D eigenvalue weighted by molar-refractivity contribution is 7.23. The lowest BCUT2D eigenvalue weighted by Gasteiger charge is -2.39. The molecule has 2 atom stereocenters. The number of nitriles is 2. The van der Waals surface area contributed by atoms with Crippen LogP contribution in [-0.4, -0.2) is 79.2 Å². The second-order valence-electron chi connectivity index (χ2n) is 12.5. The van der Waals surface area contributed by atoms with Crippen LogP contribution in [0.1, 0.15) is 43.7 Å². The molecular formula is C34H32ClF2N7O3S. The minimum Gasteiger partial charge on any atom is -0.489 e. The largest absolute Gasteiger partial charge is 0.489 e. The van der Waals surface area contributed by atoms with Crippen LogP contribution in [0.3, 0.4) is 0 Å². The number of hydrogen-bond acceptors (Lipinski definition) is 10. The first-order valence-corrected chi connectivity index (χ1v) is 17.0. The van der Waals surface area contributed by atoms with E-state index in [-0.39, 0.29) is 89.7 Å². The summed E-state index contributed by atoms with van der Waals surface area (Å²) in [6, 6.07) is 6.87. The summed E-state index contributed by atoms with van der Waals surface area (Å²) >= 11 is 7.96. The molecule has 2 aromatic heterocycles. The van der Waals surface area contributed by atoms with Crippen molar-refractivity contribution in [3.05, 3.63) is 39.9 Å². The number of nitrogens with zero attached hydrogens (tertiary/aromatic N) is 6. The molecule has 10 nitrogen and oxygen atoms in total. The molecule has 0 bridgehead atoms. The number of benzene rings is 2. The topological polar surface area (TPSA) is 132 Å². The second-order valence-corrected chi connectivity index (χ2v) is 13.9. The van der Waals surface area contributed by atoms with Crippen LogP contribution in [0.15, 0.2) is 12.1 Å². The predicted molar refractivity (Wildman–Crippen MR) is 181 cm³/mol. The quantitative estimate of drug-likeness (QED) is 0.240.